The molecule has 0 bridgehead atoms. The Hall–Kier alpha value is -0.830. The molecule has 102 valence electrons. The summed E-state index contributed by atoms with van der Waals surface area (Å²) in [4.78, 5) is 11.1. The minimum absolute atomic E-state index is 0.0934. The van der Waals surface area contributed by atoms with Gasteiger partial charge in [0, 0.05) is 37.5 Å². The molecule has 4 nitrogen and oxygen atoms in total. The van der Waals surface area contributed by atoms with Crippen molar-refractivity contribution in [1.82, 2.24) is 5.32 Å². The highest BCUT2D eigenvalue weighted by atomic mass is 31.1. The molecule has 2 atom stereocenters. The Morgan fingerprint density at radius 1 is 1.39 bits per heavy atom. The van der Waals surface area contributed by atoms with E-state index in [-0.39, 0.29) is 6.04 Å². The summed E-state index contributed by atoms with van der Waals surface area (Å²) in [5.74, 6) is 0. The van der Waals surface area contributed by atoms with E-state index in [0.717, 1.165) is 19.6 Å². The van der Waals surface area contributed by atoms with Gasteiger partial charge in [-0.05, 0) is 26.0 Å². The third-order valence-corrected chi connectivity index (χ3v) is 3.82. The van der Waals surface area contributed by atoms with Gasteiger partial charge < -0.3 is 15.1 Å². The first-order valence-corrected chi connectivity index (χ1v) is 7.95. The third kappa shape index (κ3) is 5.67. The second kappa shape index (κ2) is 8.30. The van der Waals surface area contributed by atoms with E-state index in [1.807, 2.05) is 25.1 Å². The van der Waals surface area contributed by atoms with Gasteiger partial charge in [0.1, 0.15) is 0 Å². The summed E-state index contributed by atoms with van der Waals surface area (Å²) in [6.45, 7) is 6.74. The Labute approximate surface area is 110 Å². The van der Waals surface area contributed by atoms with Crippen LogP contribution in [0, 0.1) is 0 Å². The Bertz CT molecular complexity index is 359. The van der Waals surface area contributed by atoms with Gasteiger partial charge in [-0.1, -0.05) is 18.2 Å². The van der Waals surface area contributed by atoms with Crippen LogP contribution in [0.3, 0.4) is 0 Å². The van der Waals surface area contributed by atoms with Gasteiger partial charge in [-0.3, -0.25) is 4.57 Å². The van der Waals surface area contributed by atoms with Crippen molar-refractivity contribution >= 4 is 13.7 Å². The molecule has 1 aromatic carbocycles. The largest absolute Gasteiger partial charge is 0.371 e. The van der Waals surface area contributed by atoms with Crippen LogP contribution in [0.15, 0.2) is 30.3 Å². The second-order valence-electron chi connectivity index (χ2n) is 4.37. The molecule has 0 amide bonds. The van der Waals surface area contributed by atoms with E-state index in [0.29, 0.717) is 6.16 Å². The van der Waals surface area contributed by atoms with Crippen molar-refractivity contribution in [3.05, 3.63) is 30.3 Å². The van der Waals surface area contributed by atoms with Crippen molar-refractivity contribution in [1.29, 1.82) is 0 Å². The van der Waals surface area contributed by atoms with E-state index in [1.54, 1.807) is 0 Å². The molecule has 0 saturated carbocycles. The van der Waals surface area contributed by atoms with Gasteiger partial charge >= 0.3 is 0 Å². The predicted molar refractivity (Wildman–Crippen MR) is 77.9 cm³/mol. The number of anilines is 1. The van der Waals surface area contributed by atoms with Gasteiger partial charge in [0.2, 0.25) is 0 Å². The van der Waals surface area contributed by atoms with Crippen LogP contribution >= 0.6 is 8.03 Å². The van der Waals surface area contributed by atoms with Crippen LogP contribution in [0.25, 0.3) is 0 Å². The molecule has 0 aliphatic heterocycles. The number of benzene rings is 1. The fourth-order valence-electron chi connectivity index (χ4n) is 1.89. The fraction of sp³-hybridized carbons (Fsp3) is 0.538. The van der Waals surface area contributed by atoms with Crippen LogP contribution in [0.2, 0.25) is 0 Å². The summed E-state index contributed by atoms with van der Waals surface area (Å²) in [5, 5.41) is 3.27. The van der Waals surface area contributed by atoms with Crippen molar-refractivity contribution in [3.8, 4) is 0 Å². The molecule has 0 saturated heterocycles. The highest BCUT2D eigenvalue weighted by Crippen LogP contribution is 2.14. The van der Waals surface area contributed by atoms with Crippen LogP contribution in [-0.4, -0.2) is 36.7 Å². The van der Waals surface area contributed by atoms with Gasteiger partial charge in [0.25, 0.3) is 0 Å². The molecule has 0 heterocycles. The number of hydrogen-bond acceptors (Lipinski definition) is 3. The Kier molecular flexibility index (Phi) is 7.02. The first kappa shape index (κ1) is 15.2. The normalized spacial score (nSPS) is 14.2. The van der Waals surface area contributed by atoms with Crippen molar-refractivity contribution in [2.45, 2.75) is 19.9 Å². The second-order valence-corrected chi connectivity index (χ2v) is 5.56. The lowest BCUT2D eigenvalue weighted by atomic mass is 10.3. The first-order chi connectivity index (χ1) is 8.63. The molecule has 0 fully saturated rings. The average Bonchev–Trinajstić information content (AvgIpc) is 2.35. The van der Waals surface area contributed by atoms with Gasteiger partial charge in [-0.25, -0.2) is 0 Å². The minimum atomic E-state index is -2.37. The topological polar surface area (TPSA) is 52.6 Å². The van der Waals surface area contributed by atoms with Gasteiger partial charge in [-0.2, -0.15) is 0 Å². The molecule has 0 radical (unpaired) electrons. The lowest BCUT2D eigenvalue weighted by molar-refractivity contribution is 0.488. The maximum absolute atomic E-state index is 10.7. The number of nitrogens with zero attached hydrogens (tertiary/aromatic N) is 1. The van der Waals surface area contributed by atoms with Gasteiger partial charge in [0.05, 0.1) is 0 Å². The summed E-state index contributed by atoms with van der Waals surface area (Å²) in [7, 11) is -2.37. The molecule has 1 aromatic rings. The van der Waals surface area contributed by atoms with E-state index in [2.05, 4.69) is 29.3 Å². The van der Waals surface area contributed by atoms with Crippen molar-refractivity contribution in [2.75, 3.05) is 30.7 Å². The van der Waals surface area contributed by atoms with E-state index in [9.17, 15) is 4.57 Å². The highest BCUT2D eigenvalue weighted by Gasteiger charge is 2.06. The zero-order chi connectivity index (χ0) is 13.4. The number of likely N-dealkylation sites (N-methyl/N-ethyl adjacent to an activating group) is 1. The maximum Gasteiger partial charge on any atom is 0.190 e. The van der Waals surface area contributed by atoms with E-state index < -0.39 is 8.03 Å². The molecule has 0 aromatic heterocycles. The van der Waals surface area contributed by atoms with Crippen LogP contribution in [-0.2, 0) is 4.57 Å². The summed E-state index contributed by atoms with van der Waals surface area (Å²) in [5.41, 5.74) is 1.21. The Balaban J connectivity index is 2.35. The molecule has 0 aliphatic rings. The number of nitrogens with one attached hydrogen (secondary N) is 1. The molecule has 0 spiro atoms. The van der Waals surface area contributed by atoms with Crippen LogP contribution in [0.5, 0.6) is 0 Å². The quantitative estimate of drug-likeness (QED) is 0.709. The summed E-state index contributed by atoms with van der Waals surface area (Å²) in [6.07, 6.45) is 0.349. The van der Waals surface area contributed by atoms with Crippen LogP contribution in [0.1, 0.15) is 13.8 Å². The molecule has 18 heavy (non-hydrogen) atoms. The minimum Gasteiger partial charge on any atom is -0.371 e. The highest BCUT2D eigenvalue weighted by molar-refractivity contribution is 7.38. The first-order valence-electron chi connectivity index (χ1n) is 6.38. The van der Waals surface area contributed by atoms with Gasteiger partial charge in [0.15, 0.2) is 8.03 Å². The average molecular weight is 270 g/mol. The van der Waals surface area contributed by atoms with Crippen molar-refractivity contribution < 1.29 is 9.46 Å². The molecule has 1 rings (SSSR count). The summed E-state index contributed by atoms with van der Waals surface area (Å²) < 4.78 is 10.7. The zero-order valence-electron chi connectivity index (χ0n) is 11.1. The van der Waals surface area contributed by atoms with Crippen LogP contribution < -0.4 is 10.2 Å². The van der Waals surface area contributed by atoms with Crippen molar-refractivity contribution in [3.63, 3.8) is 0 Å². The summed E-state index contributed by atoms with van der Waals surface area (Å²) in [6, 6.07) is 10.4. The molecule has 0 aliphatic carbocycles. The van der Waals surface area contributed by atoms with E-state index in [1.165, 1.54) is 5.69 Å². The molecule has 2 unspecified atom stereocenters. The van der Waals surface area contributed by atoms with E-state index >= 15 is 0 Å². The molecule has 2 N–H and O–H groups in total. The molecular formula is C13H23N2O2P. The van der Waals surface area contributed by atoms with Crippen LogP contribution in [0.4, 0.5) is 5.69 Å². The standard InChI is InChI=1S/C13H23N2O2P/c1-3-15(13-7-5-4-6-8-13)10-9-14-12(2)11-18(16)17/h4-8,12,14,18H,3,9-11H2,1-2H3,(H,16,17). The molecule has 5 heteroatoms. The number of hydrogen-bond donors (Lipinski definition) is 2. The maximum atomic E-state index is 10.7. The third-order valence-electron chi connectivity index (χ3n) is 2.86. The molecular weight excluding hydrogens is 247 g/mol. The number of para-hydroxylation sites is 1. The monoisotopic (exact) mass is 270 g/mol. The predicted octanol–water partition coefficient (Wildman–Crippen LogP) is 1.96. The zero-order valence-corrected chi connectivity index (χ0v) is 12.1. The smallest absolute Gasteiger partial charge is 0.190 e. The van der Waals surface area contributed by atoms with E-state index in [4.69, 9.17) is 4.89 Å². The van der Waals surface area contributed by atoms with Gasteiger partial charge in [-0.15, -0.1) is 0 Å². The Morgan fingerprint density at radius 3 is 2.61 bits per heavy atom. The number of rotatable bonds is 8. The lowest BCUT2D eigenvalue weighted by Crippen LogP contribution is -2.37. The SMILES string of the molecule is CCN(CCNC(C)C[PH](=O)O)c1ccccc1. The lowest BCUT2D eigenvalue weighted by Gasteiger charge is -2.24. The fourth-order valence-corrected chi connectivity index (χ4v) is 2.56. The summed E-state index contributed by atoms with van der Waals surface area (Å²) >= 11 is 0. The van der Waals surface area contributed by atoms with Crippen molar-refractivity contribution in [2.24, 2.45) is 0 Å². The Morgan fingerprint density at radius 2 is 2.06 bits per heavy atom.